The minimum Gasteiger partial charge on any atom is -0.481 e. The largest absolute Gasteiger partial charge is 0.481 e. The maximum Gasteiger partial charge on any atom is 0.303 e. The van der Waals surface area contributed by atoms with Gasteiger partial charge in [-0.25, -0.2) is 0 Å². The lowest BCUT2D eigenvalue weighted by Gasteiger charge is -2.19. The van der Waals surface area contributed by atoms with Gasteiger partial charge in [-0.05, 0) is 24.7 Å². The molecule has 0 aliphatic carbocycles. The highest BCUT2D eigenvalue weighted by atomic mass is 16.6. The third-order valence-corrected chi connectivity index (χ3v) is 3.68. The van der Waals surface area contributed by atoms with E-state index in [2.05, 4.69) is 13.8 Å². The highest BCUT2D eigenvalue weighted by molar-refractivity contribution is 5.66. The Morgan fingerprint density at radius 3 is 1.71 bits per heavy atom. The zero-order valence-corrected chi connectivity index (χ0v) is 15.2. The fourth-order valence-corrected chi connectivity index (χ4v) is 2.20. The van der Waals surface area contributed by atoms with Crippen molar-refractivity contribution < 1.29 is 28.8 Å². The quantitative estimate of drug-likeness (QED) is 0.362. The molecule has 0 amide bonds. The van der Waals surface area contributed by atoms with Crippen LogP contribution in [0.25, 0.3) is 0 Å². The smallest absolute Gasteiger partial charge is 0.303 e. The molecule has 1 atom stereocenters. The molecule has 0 aromatic heterocycles. The van der Waals surface area contributed by atoms with Crippen molar-refractivity contribution in [1.29, 1.82) is 0 Å². The van der Waals surface area contributed by atoms with E-state index in [1.807, 2.05) is 0 Å². The topological polar surface area (TPSA) is 100 Å². The minimum atomic E-state index is -0.733. The summed E-state index contributed by atoms with van der Waals surface area (Å²) in [7, 11) is 0. The van der Waals surface area contributed by atoms with Crippen LogP contribution in [-0.2, 0) is 23.7 Å². The summed E-state index contributed by atoms with van der Waals surface area (Å²) in [5.74, 6) is 0.121. The Bertz CT molecular complexity index is 288. The molecule has 7 nitrogen and oxygen atoms in total. The molecular weight excluding hydrogens is 314 g/mol. The molecule has 0 fully saturated rings. The van der Waals surface area contributed by atoms with E-state index in [-0.39, 0.29) is 6.42 Å². The maximum atomic E-state index is 10.6. The Morgan fingerprint density at radius 2 is 1.29 bits per heavy atom. The number of ether oxygens (including phenoxy) is 4. The Hall–Kier alpha value is -0.730. The molecule has 0 bridgehead atoms. The lowest BCUT2D eigenvalue weighted by atomic mass is 9.88. The summed E-state index contributed by atoms with van der Waals surface area (Å²) < 4.78 is 21.5. The fourth-order valence-electron chi connectivity index (χ4n) is 2.20. The molecule has 1 unspecified atom stereocenters. The van der Waals surface area contributed by atoms with Gasteiger partial charge in [0.05, 0.1) is 46.2 Å². The van der Waals surface area contributed by atoms with Gasteiger partial charge in [0.2, 0.25) is 0 Å². The van der Waals surface area contributed by atoms with Crippen LogP contribution in [0.5, 0.6) is 0 Å². The van der Waals surface area contributed by atoms with Gasteiger partial charge in [-0.1, -0.05) is 13.8 Å². The van der Waals surface area contributed by atoms with Gasteiger partial charge in [0.15, 0.2) is 0 Å². The van der Waals surface area contributed by atoms with Gasteiger partial charge >= 0.3 is 5.97 Å². The van der Waals surface area contributed by atoms with E-state index in [0.717, 1.165) is 6.42 Å². The van der Waals surface area contributed by atoms with E-state index in [0.29, 0.717) is 77.7 Å². The van der Waals surface area contributed by atoms with E-state index in [1.165, 1.54) is 0 Å². The second-order valence-corrected chi connectivity index (χ2v) is 5.96. The monoisotopic (exact) mass is 349 g/mol. The Kier molecular flexibility index (Phi) is 16.6. The Morgan fingerprint density at radius 1 is 0.833 bits per heavy atom. The molecule has 0 rings (SSSR count). The summed E-state index contributed by atoms with van der Waals surface area (Å²) >= 11 is 0. The predicted octanol–water partition coefficient (Wildman–Crippen LogP) is 1.54. The summed E-state index contributed by atoms with van der Waals surface area (Å²) in [6, 6.07) is 0. The van der Waals surface area contributed by atoms with Crippen LogP contribution in [0.15, 0.2) is 0 Å². The van der Waals surface area contributed by atoms with Crippen LogP contribution in [0.4, 0.5) is 0 Å². The van der Waals surface area contributed by atoms with Crippen LogP contribution >= 0.6 is 0 Å². The first-order valence-electron chi connectivity index (χ1n) is 8.80. The molecule has 7 heteroatoms. The minimum absolute atomic E-state index is 0.225. The molecule has 0 aliphatic heterocycles. The van der Waals surface area contributed by atoms with Crippen molar-refractivity contribution in [2.75, 3.05) is 59.4 Å². The highest BCUT2D eigenvalue weighted by Crippen LogP contribution is 2.20. The van der Waals surface area contributed by atoms with Crippen LogP contribution in [0.2, 0.25) is 0 Å². The van der Waals surface area contributed by atoms with Crippen molar-refractivity contribution >= 4 is 5.97 Å². The number of hydrogen-bond acceptors (Lipinski definition) is 6. The molecule has 0 radical (unpaired) electrons. The molecule has 0 aromatic rings. The molecule has 24 heavy (non-hydrogen) atoms. The van der Waals surface area contributed by atoms with Gasteiger partial charge < -0.3 is 29.8 Å². The van der Waals surface area contributed by atoms with Crippen molar-refractivity contribution in [2.45, 2.75) is 33.1 Å². The van der Waals surface area contributed by atoms with E-state index in [4.69, 9.17) is 29.8 Å². The first kappa shape index (κ1) is 23.3. The number of carboxylic acid groups (broad SMARTS) is 1. The van der Waals surface area contributed by atoms with Gasteiger partial charge in [-0.3, -0.25) is 4.79 Å². The molecule has 3 N–H and O–H groups in total. The molecule has 0 saturated carbocycles. The van der Waals surface area contributed by atoms with E-state index >= 15 is 0 Å². The zero-order valence-electron chi connectivity index (χ0n) is 15.2. The third-order valence-electron chi connectivity index (χ3n) is 3.68. The summed E-state index contributed by atoms with van der Waals surface area (Å²) in [6.45, 7) is 9.23. The number of aliphatic carboxylic acids is 1. The third kappa shape index (κ3) is 16.1. The summed E-state index contributed by atoms with van der Waals surface area (Å²) in [4.78, 5) is 10.6. The van der Waals surface area contributed by atoms with Crippen molar-refractivity contribution in [2.24, 2.45) is 17.6 Å². The summed E-state index contributed by atoms with van der Waals surface area (Å²) in [5.41, 5.74) is 5.30. The molecule has 0 heterocycles. The van der Waals surface area contributed by atoms with Gasteiger partial charge in [-0.2, -0.15) is 0 Å². The normalized spacial score (nSPS) is 12.7. The average molecular weight is 349 g/mol. The second kappa shape index (κ2) is 17.1. The van der Waals surface area contributed by atoms with Crippen molar-refractivity contribution in [3.63, 3.8) is 0 Å². The van der Waals surface area contributed by atoms with Crippen LogP contribution in [-0.4, -0.2) is 70.5 Å². The van der Waals surface area contributed by atoms with Crippen molar-refractivity contribution in [1.82, 2.24) is 0 Å². The molecular formula is C17H35NO6. The van der Waals surface area contributed by atoms with Gasteiger partial charge in [-0.15, -0.1) is 0 Å². The molecule has 0 spiro atoms. The highest BCUT2D eigenvalue weighted by Gasteiger charge is 2.14. The number of nitrogens with two attached hydrogens (primary N) is 1. The first-order valence-corrected chi connectivity index (χ1v) is 8.80. The first-order chi connectivity index (χ1) is 11.6. The lowest BCUT2D eigenvalue weighted by molar-refractivity contribution is -0.137. The van der Waals surface area contributed by atoms with E-state index < -0.39 is 5.97 Å². The standard InChI is InChI=1S/C17H35NO6/c1-15(2)16(3-4-17(19)20)5-7-21-9-11-23-13-14-24-12-10-22-8-6-18/h15-16H,3-14,18H2,1-2H3,(H,19,20). The SMILES string of the molecule is CC(C)C(CCOCCOCCOCCOCCN)CCC(=O)O. The van der Waals surface area contributed by atoms with Gasteiger partial charge in [0.25, 0.3) is 0 Å². The van der Waals surface area contributed by atoms with Crippen LogP contribution in [0, 0.1) is 11.8 Å². The number of carboxylic acids is 1. The molecule has 144 valence electrons. The van der Waals surface area contributed by atoms with Crippen LogP contribution in [0.3, 0.4) is 0 Å². The Balaban J connectivity index is 3.35. The Labute approximate surface area is 145 Å². The number of hydrogen-bond donors (Lipinski definition) is 2. The number of rotatable bonds is 18. The van der Waals surface area contributed by atoms with Crippen LogP contribution < -0.4 is 5.73 Å². The fraction of sp³-hybridized carbons (Fsp3) is 0.941. The van der Waals surface area contributed by atoms with E-state index in [1.54, 1.807) is 0 Å². The van der Waals surface area contributed by atoms with Crippen molar-refractivity contribution in [3.8, 4) is 0 Å². The second-order valence-electron chi connectivity index (χ2n) is 5.96. The molecule has 0 saturated heterocycles. The molecule has 0 aliphatic rings. The molecule has 0 aromatic carbocycles. The zero-order chi connectivity index (χ0) is 18.0. The van der Waals surface area contributed by atoms with Crippen LogP contribution in [0.1, 0.15) is 33.1 Å². The predicted molar refractivity (Wildman–Crippen MR) is 92.1 cm³/mol. The summed E-state index contributed by atoms with van der Waals surface area (Å²) in [5, 5.41) is 8.76. The average Bonchev–Trinajstić information content (AvgIpc) is 2.54. The van der Waals surface area contributed by atoms with Gasteiger partial charge in [0.1, 0.15) is 0 Å². The van der Waals surface area contributed by atoms with E-state index in [9.17, 15) is 4.79 Å². The number of carbonyl (C=O) groups is 1. The lowest BCUT2D eigenvalue weighted by Crippen LogP contribution is -2.16. The van der Waals surface area contributed by atoms with Gasteiger partial charge in [0, 0.05) is 19.6 Å². The maximum absolute atomic E-state index is 10.6. The summed E-state index contributed by atoms with van der Waals surface area (Å²) in [6.07, 6.45) is 1.82. The van der Waals surface area contributed by atoms with Crippen molar-refractivity contribution in [3.05, 3.63) is 0 Å².